The van der Waals surface area contributed by atoms with Crippen molar-refractivity contribution in [2.24, 2.45) is 0 Å². The van der Waals surface area contributed by atoms with Gasteiger partial charge in [-0.25, -0.2) is 0 Å². The third-order valence-corrected chi connectivity index (χ3v) is 4.26. The lowest BCUT2D eigenvalue weighted by Gasteiger charge is -2.15. The van der Waals surface area contributed by atoms with Crippen LogP contribution in [0.15, 0.2) is 46.3 Å². The molecule has 0 aliphatic carbocycles. The first-order valence-electron chi connectivity index (χ1n) is 8.92. The fraction of sp³-hybridized carbons (Fsp3) is 0.381. The van der Waals surface area contributed by atoms with Crippen LogP contribution in [0.1, 0.15) is 40.5 Å². The Balaban J connectivity index is 2.48. The summed E-state index contributed by atoms with van der Waals surface area (Å²) in [4.78, 5) is 12.8. The summed E-state index contributed by atoms with van der Waals surface area (Å²) in [5.41, 5.74) is 9.21. The summed E-state index contributed by atoms with van der Waals surface area (Å²) in [7, 11) is 0. The van der Waals surface area contributed by atoms with Crippen LogP contribution in [-0.2, 0) is 6.54 Å². The van der Waals surface area contributed by atoms with Gasteiger partial charge in [0.1, 0.15) is 0 Å². The molecule has 0 saturated heterocycles. The third kappa shape index (κ3) is 4.28. The zero-order chi connectivity index (χ0) is 19.3. The second-order valence-corrected chi connectivity index (χ2v) is 6.64. The molecule has 1 aromatic carbocycles. The lowest BCUT2D eigenvalue weighted by Crippen LogP contribution is -2.22. The maximum absolute atomic E-state index is 12.8. The summed E-state index contributed by atoms with van der Waals surface area (Å²) in [5.74, 6) is -0.237. The molecule has 0 bridgehead atoms. The Morgan fingerprint density at radius 3 is 2.65 bits per heavy atom. The van der Waals surface area contributed by atoms with E-state index in [1.54, 1.807) is 29.7 Å². The van der Waals surface area contributed by atoms with E-state index in [1.165, 1.54) is 11.1 Å². The number of ether oxygens (including phenoxy) is 1. The number of aromatic nitrogens is 1. The van der Waals surface area contributed by atoms with Crippen molar-refractivity contribution in [1.82, 2.24) is 4.57 Å². The maximum atomic E-state index is 12.8. The van der Waals surface area contributed by atoms with E-state index < -0.39 is 0 Å². The first kappa shape index (κ1) is 19.6. The molecule has 2 aromatic rings. The van der Waals surface area contributed by atoms with Gasteiger partial charge in [0.2, 0.25) is 5.75 Å². The van der Waals surface area contributed by atoms with Crippen LogP contribution in [0.4, 0.5) is 5.69 Å². The first-order chi connectivity index (χ1) is 12.4. The molecule has 0 saturated carbocycles. The molecule has 1 aromatic heterocycles. The van der Waals surface area contributed by atoms with Crippen molar-refractivity contribution in [2.45, 2.75) is 47.1 Å². The average molecular weight is 356 g/mol. The molecule has 0 amide bonds. The summed E-state index contributed by atoms with van der Waals surface area (Å²) in [6, 6.07) is 5.26. The number of pyridine rings is 1. The highest BCUT2D eigenvalue weighted by atomic mass is 16.5. The summed E-state index contributed by atoms with van der Waals surface area (Å²) < 4.78 is 7.00. The van der Waals surface area contributed by atoms with Gasteiger partial charge in [0.25, 0.3) is 5.56 Å². The SMILES string of the molecule is CCOc1c(O)c2c(N)cccc2n(CC=C(C)CCC=C(C)C)c1=O. The van der Waals surface area contributed by atoms with Gasteiger partial charge < -0.3 is 20.1 Å². The van der Waals surface area contributed by atoms with Crippen LogP contribution in [0.3, 0.4) is 0 Å². The largest absolute Gasteiger partial charge is 0.504 e. The van der Waals surface area contributed by atoms with Crippen molar-refractivity contribution < 1.29 is 9.84 Å². The standard InChI is InChI=1S/C21H28N2O3/c1-5-26-20-19(24)18-16(22)10-7-11-17(18)23(21(20)25)13-12-15(4)9-6-8-14(2)3/h7-8,10-12,24H,5-6,9,13,22H2,1-4H3. The van der Waals surface area contributed by atoms with E-state index in [0.717, 1.165) is 12.8 Å². The fourth-order valence-electron chi connectivity index (χ4n) is 2.88. The number of rotatable bonds is 7. The molecular formula is C21H28N2O3. The van der Waals surface area contributed by atoms with E-state index >= 15 is 0 Å². The lowest BCUT2D eigenvalue weighted by molar-refractivity contribution is 0.312. The Kier molecular flexibility index (Phi) is 6.50. The molecule has 2 rings (SSSR count). The summed E-state index contributed by atoms with van der Waals surface area (Å²) in [5, 5.41) is 10.9. The molecule has 1 heterocycles. The summed E-state index contributed by atoms with van der Waals surface area (Å²) in [6.45, 7) is 8.69. The van der Waals surface area contributed by atoms with Crippen LogP contribution < -0.4 is 16.0 Å². The predicted molar refractivity (Wildman–Crippen MR) is 108 cm³/mol. The Bertz CT molecular complexity index is 904. The monoisotopic (exact) mass is 356 g/mol. The lowest BCUT2D eigenvalue weighted by atomic mass is 10.1. The van der Waals surface area contributed by atoms with Crippen molar-refractivity contribution >= 4 is 16.6 Å². The van der Waals surface area contributed by atoms with Gasteiger partial charge in [0.15, 0.2) is 5.75 Å². The van der Waals surface area contributed by atoms with Crippen LogP contribution in [0.25, 0.3) is 10.9 Å². The van der Waals surface area contributed by atoms with Crippen molar-refractivity contribution in [3.8, 4) is 11.5 Å². The molecule has 0 spiro atoms. The highest BCUT2D eigenvalue weighted by Crippen LogP contribution is 2.35. The van der Waals surface area contributed by atoms with Crippen LogP contribution in [0.5, 0.6) is 11.5 Å². The molecule has 0 fully saturated rings. The molecule has 3 N–H and O–H groups in total. The highest BCUT2D eigenvalue weighted by molar-refractivity contribution is 5.97. The van der Waals surface area contributed by atoms with Gasteiger partial charge in [-0.2, -0.15) is 0 Å². The normalized spacial score (nSPS) is 11.6. The second-order valence-electron chi connectivity index (χ2n) is 6.64. The summed E-state index contributed by atoms with van der Waals surface area (Å²) >= 11 is 0. The molecule has 0 unspecified atom stereocenters. The van der Waals surface area contributed by atoms with Crippen molar-refractivity contribution in [3.05, 3.63) is 51.9 Å². The van der Waals surface area contributed by atoms with E-state index in [0.29, 0.717) is 29.7 Å². The van der Waals surface area contributed by atoms with Gasteiger partial charge in [-0.05, 0) is 52.7 Å². The van der Waals surface area contributed by atoms with Crippen molar-refractivity contribution in [1.29, 1.82) is 0 Å². The van der Waals surface area contributed by atoms with Gasteiger partial charge >= 0.3 is 0 Å². The zero-order valence-corrected chi connectivity index (χ0v) is 16.0. The van der Waals surface area contributed by atoms with Crippen LogP contribution in [0, 0.1) is 0 Å². The molecule has 140 valence electrons. The van der Waals surface area contributed by atoms with Gasteiger partial charge in [-0.3, -0.25) is 4.79 Å². The number of anilines is 1. The van der Waals surface area contributed by atoms with E-state index in [4.69, 9.17) is 10.5 Å². The molecule has 5 heteroatoms. The number of nitrogen functional groups attached to an aromatic ring is 1. The molecule has 0 radical (unpaired) electrons. The van der Waals surface area contributed by atoms with E-state index in [1.807, 2.05) is 6.08 Å². The minimum atomic E-state index is -0.351. The van der Waals surface area contributed by atoms with Gasteiger partial charge in [0, 0.05) is 12.2 Å². The number of benzene rings is 1. The van der Waals surface area contributed by atoms with Crippen LogP contribution in [0.2, 0.25) is 0 Å². The fourth-order valence-corrected chi connectivity index (χ4v) is 2.88. The minimum Gasteiger partial charge on any atom is -0.504 e. The molecule has 0 aliphatic rings. The molecular weight excluding hydrogens is 328 g/mol. The number of aromatic hydroxyl groups is 1. The highest BCUT2D eigenvalue weighted by Gasteiger charge is 2.18. The van der Waals surface area contributed by atoms with Gasteiger partial charge in [-0.1, -0.05) is 29.4 Å². The van der Waals surface area contributed by atoms with E-state index in [2.05, 4.69) is 26.8 Å². The van der Waals surface area contributed by atoms with E-state index in [9.17, 15) is 9.90 Å². The number of nitrogens with zero attached hydrogens (tertiary/aromatic N) is 1. The number of allylic oxidation sites excluding steroid dienone is 4. The number of hydrogen-bond acceptors (Lipinski definition) is 4. The average Bonchev–Trinajstić information content (AvgIpc) is 2.58. The molecule has 0 aliphatic heterocycles. The Morgan fingerprint density at radius 2 is 2.00 bits per heavy atom. The van der Waals surface area contributed by atoms with Crippen molar-refractivity contribution in [3.63, 3.8) is 0 Å². The van der Waals surface area contributed by atoms with Crippen LogP contribution >= 0.6 is 0 Å². The number of fused-ring (bicyclic) bond motifs is 1. The molecule has 0 atom stereocenters. The number of nitrogens with two attached hydrogens (primary N) is 1. The molecule has 26 heavy (non-hydrogen) atoms. The Hall–Kier alpha value is -2.69. The molecule has 5 nitrogen and oxygen atoms in total. The minimum absolute atomic E-state index is 0.0477. The zero-order valence-electron chi connectivity index (χ0n) is 16.0. The number of hydrogen-bond donors (Lipinski definition) is 2. The predicted octanol–water partition coefficient (Wildman–Crippen LogP) is 4.38. The summed E-state index contributed by atoms with van der Waals surface area (Å²) in [6.07, 6.45) is 6.16. The smallest absolute Gasteiger partial charge is 0.297 e. The Labute approximate surface area is 154 Å². The third-order valence-electron chi connectivity index (χ3n) is 4.26. The topological polar surface area (TPSA) is 77.5 Å². The second kappa shape index (κ2) is 8.61. The first-order valence-corrected chi connectivity index (χ1v) is 8.92. The maximum Gasteiger partial charge on any atom is 0.297 e. The van der Waals surface area contributed by atoms with Gasteiger partial charge in [0.05, 0.1) is 17.5 Å². The van der Waals surface area contributed by atoms with Gasteiger partial charge in [-0.15, -0.1) is 0 Å². The van der Waals surface area contributed by atoms with E-state index in [-0.39, 0.29) is 17.1 Å². The Morgan fingerprint density at radius 1 is 1.27 bits per heavy atom. The van der Waals surface area contributed by atoms with Crippen molar-refractivity contribution in [2.75, 3.05) is 12.3 Å². The quantitative estimate of drug-likeness (QED) is 0.570. The van der Waals surface area contributed by atoms with Crippen LogP contribution in [-0.4, -0.2) is 16.3 Å².